The molecule has 1 saturated carbocycles. The molecule has 0 N–H and O–H groups in total. The standard InChI is InChI=1S/C24H26N2O/c1-25-20-13-7-6-12-19(20)24-23(17-9-3-2-4-10-17)18-11-5-8-14-21(18)26(24)16-15-22(25)27/h5-8,11-14,17H,2-4,9-10,15-16H2,1H3. The van der Waals surface area contributed by atoms with Gasteiger partial charge < -0.3 is 9.47 Å². The first-order valence-electron chi connectivity index (χ1n) is 10.2. The molecule has 2 aromatic carbocycles. The van der Waals surface area contributed by atoms with Crippen LogP contribution in [0.3, 0.4) is 0 Å². The summed E-state index contributed by atoms with van der Waals surface area (Å²) in [7, 11) is 1.92. The highest BCUT2D eigenvalue weighted by Crippen LogP contribution is 2.46. The van der Waals surface area contributed by atoms with Gasteiger partial charge in [-0.1, -0.05) is 55.7 Å². The SMILES string of the molecule is CN1C(=O)CCn2c(c(C3CCCCC3)c3ccccc32)-c2ccccc21. The van der Waals surface area contributed by atoms with Crippen LogP contribution in [0.5, 0.6) is 0 Å². The maximum Gasteiger partial charge on any atom is 0.228 e. The fraction of sp³-hybridized carbons (Fsp3) is 0.375. The molecule has 3 aromatic rings. The Morgan fingerprint density at radius 2 is 1.67 bits per heavy atom. The van der Waals surface area contributed by atoms with E-state index in [0.29, 0.717) is 12.3 Å². The van der Waals surface area contributed by atoms with Crippen molar-refractivity contribution in [2.24, 2.45) is 0 Å². The van der Waals surface area contributed by atoms with Gasteiger partial charge in [0.15, 0.2) is 0 Å². The van der Waals surface area contributed by atoms with Gasteiger partial charge in [0.25, 0.3) is 0 Å². The number of carbonyl (C=O) groups is 1. The van der Waals surface area contributed by atoms with Gasteiger partial charge in [-0.25, -0.2) is 0 Å². The first-order chi connectivity index (χ1) is 13.3. The van der Waals surface area contributed by atoms with E-state index >= 15 is 0 Å². The fourth-order valence-corrected chi connectivity index (χ4v) is 5.13. The first-order valence-corrected chi connectivity index (χ1v) is 10.2. The molecule has 1 fully saturated rings. The number of benzene rings is 2. The molecule has 0 saturated heterocycles. The van der Waals surface area contributed by atoms with Crippen LogP contribution in [0.1, 0.15) is 50.0 Å². The normalized spacial score (nSPS) is 18.1. The summed E-state index contributed by atoms with van der Waals surface area (Å²) in [4.78, 5) is 14.5. The van der Waals surface area contributed by atoms with Crippen molar-refractivity contribution in [3.63, 3.8) is 0 Å². The van der Waals surface area contributed by atoms with Crippen LogP contribution >= 0.6 is 0 Å². The van der Waals surface area contributed by atoms with E-state index < -0.39 is 0 Å². The van der Waals surface area contributed by atoms with E-state index in [4.69, 9.17) is 0 Å². The molecule has 0 unspecified atom stereocenters. The molecule has 3 heteroatoms. The monoisotopic (exact) mass is 358 g/mol. The zero-order chi connectivity index (χ0) is 18.4. The minimum Gasteiger partial charge on any atom is -0.340 e. The van der Waals surface area contributed by atoms with Gasteiger partial charge in [0.1, 0.15) is 0 Å². The molecule has 1 aliphatic heterocycles. The summed E-state index contributed by atoms with van der Waals surface area (Å²) in [5.41, 5.74) is 6.37. The number of hydrogen-bond acceptors (Lipinski definition) is 1. The van der Waals surface area contributed by atoms with Crippen LogP contribution in [0.15, 0.2) is 48.5 Å². The summed E-state index contributed by atoms with van der Waals surface area (Å²) in [6, 6.07) is 17.2. The number of hydrogen-bond donors (Lipinski definition) is 0. The Morgan fingerprint density at radius 3 is 2.52 bits per heavy atom. The third-order valence-corrected chi connectivity index (χ3v) is 6.47. The average molecular weight is 358 g/mol. The number of para-hydroxylation sites is 2. The summed E-state index contributed by atoms with van der Waals surface area (Å²) >= 11 is 0. The third-order valence-electron chi connectivity index (χ3n) is 6.47. The largest absolute Gasteiger partial charge is 0.340 e. The van der Waals surface area contributed by atoms with Crippen LogP contribution in [-0.4, -0.2) is 17.5 Å². The average Bonchev–Trinajstić information content (AvgIpc) is 3.05. The van der Waals surface area contributed by atoms with Crippen molar-refractivity contribution in [2.75, 3.05) is 11.9 Å². The summed E-state index contributed by atoms with van der Waals surface area (Å²) in [6.07, 6.45) is 7.10. The van der Waals surface area contributed by atoms with Gasteiger partial charge in [-0.05, 0) is 36.5 Å². The number of fused-ring (bicyclic) bond motifs is 5. The highest BCUT2D eigenvalue weighted by Gasteiger charge is 2.29. The molecular formula is C24H26N2O. The second-order valence-corrected chi connectivity index (χ2v) is 7.99. The highest BCUT2D eigenvalue weighted by molar-refractivity contribution is 6.01. The predicted molar refractivity (Wildman–Crippen MR) is 111 cm³/mol. The molecule has 1 aliphatic carbocycles. The van der Waals surface area contributed by atoms with Crippen LogP contribution in [0.2, 0.25) is 0 Å². The summed E-state index contributed by atoms with van der Waals surface area (Å²) in [5.74, 6) is 0.804. The molecule has 1 amide bonds. The van der Waals surface area contributed by atoms with Gasteiger partial charge in [-0.3, -0.25) is 4.79 Å². The summed E-state index contributed by atoms with van der Waals surface area (Å²) in [6.45, 7) is 0.750. The molecule has 3 nitrogen and oxygen atoms in total. The Morgan fingerprint density at radius 1 is 0.926 bits per heavy atom. The number of rotatable bonds is 1. The van der Waals surface area contributed by atoms with Crippen LogP contribution in [0.4, 0.5) is 5.69 Å². The van der Waals surface area contributed by atoms with Gasteiger partial charge in [0, 0.05) is 36.5 Å². The molecule has 0 bridgehead atoms. The van der Waals surface area contributed by atoms with Crippen molar-refractivity contribution in [1.82, 2.24) is 4.57 Å². The summed E-state index contributed by atoms with van der Waals surface area (Å²) < 4.78 is 2.42. The summed E-state index contributed by atoms with van der Waals surface area (Å²) in [5, 5.41) is 1.38. The molecule has 0 atom stereocenters. The van der Waals surface area contributed by atoms with Crippen molar-refractivity contribution in [3.05, 3.63) is 54.1 Å². The molecule has 27 heavy (non-hydrogen) atoms. The number of aromatic nitrogens is 1. The predicted octanol–water partition coefficient (Wildman–Crippen LogP) is 5.72. The van der Waals surface area contributed by atoms with Crippen LogP contribution < -0.4 is 4.90 Å². The zero-order valence-electron chi connectivity index (χ0n) is 15.9. The van der Waals surface area contributed by atoms with Gasteiger partial charge in [0.2, 0.25) is 5.91 Å². The highest BCUT2D eigenvalue weighted by atomic mass is 16.2. The molecule has 1 aromatic heterocycles. The van der Waals surface area contributed by atoms with E-state index in [1.165, 1.54) is 59.8 Å². The van der Waals surface area contributed by atoms with Crippen LogP contribution in [-0.2, 0) is 11.3 Å². The Kier molecular flexibility index (Phi) is 4.04. The first kappa shape index (κ1) is 16.6. The van der Waals surface area contributed by atoms with E-state index in [0.717, 1.165) is 12.2 Å². The number of anilines is 1. The lowest BCUT2D eigenvalue weighted by Gasteiger charge is -2.28. The number of aryl methyl sites for hydroxylation is 1. The molecule has 0 radical (unpaired) electrons. The smallest absolute Gasteiger partial charge is 0.228 e. The van der Waals surface area contributed by atoms with Crippen LogP contribution in [0.25, 0.3) is 22.2 Å². The fourth-order valence-electron chi connectivity index (χ4n) is 5.13. The molecule has 2 aliphatic rings. The van der Waals surface area contributed by atoms with E-state index in [-0.39, 0.29) is 5.91 Å². The van der Waals surface area contributed by atoms with E-state index in [1.807, 2.05) is 18.0 Å². The molecule has 2 heterocycles. The lowest BCUT2D eigenvalue weighted by Crippen LogP contribution is -2.29. The molecular weight excluding hydrogens is 332 g/mol. The zero-order valence-corrected chi connectivity index (χ0v) is 15.9. The van der Waals surface area contributed by atoms with Gasteiger partial charge in [-0.2, -0.15) is 0 Å². The Hall–Kier alpha value is -2.55. The Balaban J connectivity index is 1.85. The van der Waals surface area contributed by atoms with Crippen LogP contribution in [0, 0.1) is 0 Å². The second kappa shape index (κ2) is 6.56. The Labute approximate surface area is 160 Å². The van der Waals surface area contributed by atoms with E-state index in [9.17, 15) is 4.79 Å². The lowest BCUT2D eigenvalue weighted by atomic mass is 9.81. The third kappa shape index (κ3) is 2.60. The maximum atomic E-state index is 12.7. The number of carbonyl (C=O) groups excluding carboxylic acids is 1. The van der Waals surface area contributed by atoms with Crippen molar-refractivity contribution in [3.8, 4) is 11.3 Å². The van der Waals surface area contributed by atoms with Crippen molar-refractivity contribution in [2.45, 2.75) is 51.0 Å². The van der Waals surface area contributed by atoms with Gasteiger partial charge in [0.05, 0.1) is 11.4 Å². The van der Waals surface area contributed by atoms with Crippen molar-refractivity contribution in [1.29, 1.82) is 0 Å². The minimum absolute atomic E-state index is 0.185. The molecule has 138 valence electrons. The van der Waals surface area contributed by atoms with Gasteiger partial charge in [-0.15, -0.1) is 0 Å². The van der Waals surface area contributed by atoms with Gasteiger partial charge >= 0.3 is 0 Å². The minimum atomic E-state index is 0.185. The van der Waals surface area contributed by atoms with E-state index in [2.05, 4.69) is 47.0 Å². The number of amides is 1. The Bertz CT molecular complexity index is 1010. The van der Waals surface area contributed by atoms with E-state index in [1.54, 1.807) is 0 Å². The quantitative estimate of drug-likeness (QED) is 0.546. The maximum absolute atomic E-state index is 12.7. The molecule has 5 rings (SSSR count). The van der Waals surface area contributed by atoms with Crippen molar-refractivity contribution < 1.29 is 4.79 Å². The lowest BCUT2D eigenvalue weighted by molar-refractivity contribution is -0.118. The second-order valence-electron chi connectivity index (χ2n) is 7.99. The molecule has 0 spiro atoms. The topological polar surface area (TPSA) is 25.2 Å². The number of nitrogens with zero attached hydrogens (tertiary/aromatic N) is 2. The van der Waals surface area contributed by atoms with Crippen molar-refractivity contribution >= 4 is 22.5 Å².